The summed E-state index contributed by atoms with van der Waals surface area (Å²) in [5, 5.41) is 7.15. The van der Waals surface area contributed by atoms with Crippen LogP contribution in [0.25, 0.3) is 0 Å². The van der Waals surface area contributed by atoms with E-state index in [4.69, 9.17) is 0 Å². The van der Waals surface area contributed by atoms with Crippen LogP contribution in [0.3, 0.4) is 0 Å². The third-order valence-corrected chi connectivity index (χ3v) is 4.21. The van der Waals surface area contributed by atoms with E-state index >= 15 is 0 Å². The fraction of sp³-hybridized carbons (Fsp3) is 0.375. The maximum absolute atomic E-state index is 11.9. The first-order valence-electron chi connectivity index (χ1n) is 7.11. The lowest BCUT2D eigenvalue weighted by Gasteiger charge is -2.14. The molecule has 5 heteroatoms. The summed E-state index contributed by atoms with van der Waals surface area (Å²) in [6, 6.07) is 10.1. The van der Waals surface area contributed by atoms with Crippen molar-refractivity contribution in [3.8, 4) is 0 Å². The van der Waals surface area contributed by atoms with E-state index in [0.717, 1.165) is 22.6 Å². The summed E-state index contributed by atoms with van der Waals surface area (Å²) in [6.45, 7) is 2.01. The fourth-order valence-electron chi connectivity index (χ4n) is 2.03. The monoisotopic (exact) mass is 303 g/mol. The van der Waals surface area contributed by atoms with Crippen molar-refractivity contribution < 1.29 is 4.79 Å². The summed E-state index contributed by atoms with van der Waals surface area (Å²) in [6.07, 6.45) is 5.27. The van der Waals surface area contributed by atoms with Crippen LogP contribution in [0.1, 0.15) is 31.4 Å². The van der Waals surface area contributed by atoms with E-state index in [1.807, 2.05) is 56.7 Å². The molecule has 4 nitrogen and oxygen atoms in total. The smallest absolute Gasteiger partial charge is 0.220 e. The van der Waals surface area contributed by atoms with Crippen molar-refractivity contribution in [1.29, 1.82) is 0 Å². The zero-order valence-corrected chi connectivity index (χ0v) is 13.3. The average molecular weight is 303 g/mol. The van der Waals surface area contributed by atoms with Gasteiger partial charge in [0.05, 0.1) is 12.2 Å². The van der Waals surface area contributed by atoms with E-state index in [0.29, 0.717) is 6.42 Å². The van der Waals surface area contributed by atoms with Crippen LogP contribution in [0, 0.1) is 0 Å². The average Bonchev–Trinajstić information content (AvgIpc) is 2.90. The Kier molecular flexibility index (Phi) is 5.87. The topological polar surface area (TPSA) is 46.9 Å². The molecule has 1 atom stereocenters. The molecule has 0 saturated heterocycles. The Morgan fingerprint density at radius 1 is 1.38 bits per heavy atom. The number of nitrogens with one attached hydrogen (secondary N) is 1. The standard InChI is InChI=1S/C16H21N3OS/c1-13(14-7-4-3-5-8-14)18-16(20)9-6-10-21-15-11-17-19(2)12-15/h3-5,7-8,11-13H,6,9-10H2,1-2H3,(H,18,20)/t13-/m1/s1. The molecule has 2 rings (SSSR count). The van der Waals surface area contributed by atoms with Crippen LogP contribution in [-0.2, 0) is 11.8 Å². The van der Waals surface area contributed by atoms with Crippen LogP contribution in [0.15, 0.2) is 47.6 Å². The quantitative estimate of drug-likeness (QED) is 0.631. The number of aromatic nitrogens is 2. The van der Waals surface area contributed by atoms with Crippen LogP contribution >= 0.6 is 11.8 Å². The van der Waals surface area contributed by atoms with Gasteiger partial charge in [0.1, 0.15) is 0 Å². The highest BCUT2D eigenvalue weighted by Gasteiger charge is 2.08. The van der Waals surface area contributed by atoms with Gasteiger partial charge in [-0.05, 0) is 24.7 Å². The fourth-order valence-corrected chi connectivity index (χ4v) is 2.91. The van der Waals surface area contributed by atoms with Crippen LogP contribution < -0.4 is 5.32 Å². The molecule has 0 spiro atoms. The predicted molar refractivity (Wildman–Crippen MR) is 86.2 cm³/mol. The second kappa shape index (κ2) is 7.88. The van der Waals surface area contributed by atoms with Gasteiger partial charge in [-0.3, -0.25) is 9.48 Å². The summed E-state index contributed by atoms with van der Waals surface area (Å²) in [4.78, 5) is 13.1. The molecule has 0 aliphatic heterocycles. The van der Waals surface area contributed by atoms with Crippen molar-refractivity contribution in [3.63, 3.8) is 0 Å². The molecule has 2 aromatic rings. The SMILES string of the molecule is C[C@@H](NC(=O)CCCSc1cnn(C)c1)c1ccccc1. The van der Waals surface area contributed by atoms with Crippen molar-refractivity contribution in [2.45, 2.75) is 30.7 Å². The molecule has 1 aromatic heterocycles. The number of thioether (sulfide) groups is 1. The van der Waals surface area contributed by atoms with Gasteiger partial charge in [-0.2, -0.15) is 5.10 Å². The molecule has 0 aliphatic carbocycles. The molecule has 0 radical (unpaired) electrons. The summed E-state index contributed by atoms with van der Waals surface area (Å²) in [7, 11) is 1.91. The number of amides is 1. The number of hydrogen-bond donors (Lipinski definition) is 1. The molecular formula is C16H21N3OS. The lowest BCUT2D eigenvalue weighted by molar-refractivity contribution is -0.121. The molecule has 1 heterocycles. The van der Waals surface area contributed by atoms with Gasteiger partial charge in [0.15, 0.2) is 0 Å². The zero-order valence-electron chi connectivity index (χ0n) is 12.5. The van der Waals surface area contributed by atoms with Gasteiger partial charge in [-0.1, -0.05) is 30.3 Å². The molecule has 1 aromatic carbocycles. The predicted octanol–water partition coefficient (Wildman–Crippen LogP) is 3.17. The molecule has 0 fully saturated rings. The van der Waals surface area contributed by atoms with Gasteiger partial charge in [0.2, 0.25) is 5.91 Å². The van der Waals surface area contributed by atoms with E-state index in [9.17, 15) is 4.79 Å². The van der Waals surface area contributed by atoms with Gasteiger partial charge in [0.25, 0.3) is 0 Å². The molecule has 1 amide bonds. The zero-order chi connectivity index (χ0) is 15.1. The normalized spacial score (nSPS) is 12.1. The Morgan fingerprint density at radius 2 is 2.14 bits per heavy atom. The van der Waals surface area contributed by atoms with Gasteiger partial charge < -0.3 is 5.32 Å². The number of nitrogens with zero attached hydrogens (tertiary/aromatic N) is 2. The number of carbonyl (C=O) groups excluding carboxylic acids is 1. The lowest BCUT2D eigenvalue weighted by atomic mass is 10.1. The molecular weight excluding hydrogens is 282 g/mol. The van der Waals surface area contributed by atoms with Crippen molar-refractivity contribution in [2.75, 3.05) is 5.75 Å². The molecule has 1 N–H and O–H groups in total. The Labute approximate surface area is 129 Å². The van der Waals surface area contributed by atoms with Crippen molar-refractivity contribution in [3.05, 3.63) is 48.3 Å². The highest BCUT2D eigenvalue weighted by atomic mass is 32.2. The van der Waals surface area contributed by atoms with Gasteiger partial charge in [0, 0.05) is 24.6 Å². The molecule has 21 heavy (non-hydrogen) atoms. The number of aryl methyl sites for hydroxylation is 1. The molecule has 0 aliphatic rings. The minimum absolute atomic E-state index is 0.0599. The first-order chi connectivity index (χ1) is 10.1. The highest BCUT2D eigenvalue weighted by molar-refractivity contribution is 7.99. The van der Waals surface area contributed by atoms with E-state index in [-0.39, 0.29) is 11.9 Å². The number of carbonyl (C=O) groups is 1. The molecule has 0 unspecified atom stereocenters. The third kappa shape index (κ3) is 5.27. The largest absolute Gasteiger partial charge is 0.350 e. The van der Waals surface area contributed by atoms with Crippen LogP contribution in [0.4, 0.5) is 0 Å². The van der Waals surface area contributed by atoms with Crippen molar-refractivity contribution >= 4 is 17.7 Å². The van der Waals surface area contributed by atoms with Gasteiger partial charge >= 0.3 is 0 Å². The second-order valence-corrected chi connectivity index (χ2v) is 6.17. The maximum Gasteiger partial charge on any atom is 0.220 e. The van der Waals surface area contributed by atoms with Crippen LogP contribution in [0.5, 0.6) is 0 Å². The summed E-state index contributed by atoms with van der Waals surface area (Å²) < 4.78 is 1.79. The second-order valence-electron chi connectivity index (χ2n) is 5.00. The summed E-state index contributed by atoms with van der Waals surface area (Å²) >= 11 is 1.74. The first-order valence-corrected chi connectivity index (χ1v) is 8.09. The van der Waals surface area contributed by atoms with E-state index in [1.54, 1.807) is 16.4 Å². The Hall–Kier alpha value is -1.75. The number of benzene rings is 1. The van der Waals surface area contributed by atoms with Crippen molar-refractivity contribution in [2.24, 2.45) is 7.05 Å². The number of rotatable bonds is 7. The summed E-state index contributed by atoms with van der Waals surface area (Å²) in [5.74, 6) is 1.04. The van der Waals surface area contributed by atoms with Gasteiger partial charge in [-0.15, -0.1) is 11.8 Å². The summed E-state index contributed by atoms with van der Waals surface area (Å²) in [5.41, 5.74) is 1.13. The molecule has 0 saturated carbocycles. The van der Waals surface area contributed by atoms with E-state index < -0.39 is 0 Å². The Morgan fingerprint density at radius 3 is 2.81 bits per heavy atom. The minimum atomic E-state index is 0.0599. The Bertz CT molecular complexity index is 568. The lowest BCUT2D eigenvalue weighted by Crippen LogP contribution is -2.26. The minimum Gasteiger partial charge on any atom is -0.350 e. The van der Waals surface area contributed by atoms with E-state index in [1.165, 1.54) is 0 Å². The van der Waals surface area contributed by atoms with Crippen LogP contribution in [-0.4, -0.2) is 21.4 Å². The number of hydrogen-bond acceptors (Lipinski definition) is 3. The Balaban J connectivity index is 1.65. The van der Waals surface area contributed by atoms with Crippen LogP contribution in [0.2, 0.25) is 0 Å². The van der Waals surface area contributed by atoms with Gasteiger partial charge in [-0.25, -0.2) is 0 Å². The van der Waals surface area contributed by atoms with E-state index in [2.05, 4.69) is 10.4 Å². The molecule has 112 valence electrons. The first kappa shape index (κ1) is 15.6. The van der Waals surface area contributed by atoms with Crippen molar-refractivity contribution in [1.82, 2.24) is 15.1 Å². The highest BCUT2D eigenvalue weighted by Crippen LogP contribution is 2.18. The molecule has 0 bridgehead atoms. The maximum atomic E-state index is 11.9. The third-order valence-electron chi connectivity index (χ3n) is 3.18.